The maximum atomic E-state index is 13.3. The summed E-state index contributed by atoms with van der Waals surface area (Å²) in [7, 11) is 0. The van der Waals surface area contributed by atoms with E-state index in [-0.39, 0.29) is 12.4 Å². The first-order valence-corrected chi connectivity index (χ1v) is 5.90. The Morgan fingerprint density at radius 1 is 1.47 bits per heavy atom. The van der Waals surface area contributed by atoms with Gasteiger partial charge < -0.3 is 15.2 Å². The fraction of sp³-hybridized carbons (Fsp3) is 0.538. The fourth-order valence-electron chi connectivity index (χ4n) is 1.50. The number of para-hydroxylation sites is 1. The monoisotopic (exact) mass is 239 g/mol. The number of aliphatic hydroxyl groups is 1. The molecule has 1 saturated carbocycles. The summed E-state index contributed by atoms with van der Waals surface area (Å²) in [6.07, 6.45) is 2.34. The minimum absolute atomic E-state index is 0.0770. The summed E-state index contributed by atoms with van der Waals surface area (Å²) < 4.78 is 18.6. The highest BCUT2D eigenvalue weighted by atomic mass is 19.1. The second kappa shape index (κ2) is 5.02. The fourth-order valence-corrected chi connectivity index (χ4v) is 1.50. The number of hydrogen-bond donors (Lipinski definition) is 2. The Labute approximate surface area is 101 Å². The van der Waals surface area contributed by atoms with E-state index in [0.717, 1.165) is 0 Å². The largest absolute Gasteiger partial charge is 0.487 e. The molecule has 2 rings (SSSR count). The molecular weight excluding hydrogens is 221 g/mol. The Morgan fingerprint density at radius 3 is 2.82 bits per heavy atom. The third-order valence-electron chi connectivity index (χ3n) is 2.72. The first-order valence-electron chi connectivity index (χ1n) is 5.90. The summed E-state index contributed by atoms with van der Waals surface area (Å²) in [4.78, 5) is 0. The molecule has 0 heterocycles. The molecule has 1 aromatic carbocycles. The number of ether oxygens (including phenoxy) is 1. The van der Waals surface area contributed by atoms with Crippen LogP contribution in [-0.2, 0) is 0 Å². The second-order valence-electron chi connectivity index (χ2n) is 4.87. The standard InChI is InChI=1S/C13H18FNO2/c1-13(16,8-15-10-6-7-10)9-17-12-5-3-2-4-11(12)14/h2-5,10,15-16H,6-9H2,1H3. The highest BCUT2D eigenvalue weighted by molar-refractivity contribution is 5.23. The molecule has 0 radical (unpaired) electrons. The van der Waals surface area contributed by atoms with Gasteiger partial charge in [0.1, 0.15) is 12.2 Å². The number of benzene rings is 1. The van der Waals surface area contributed by atoms with Crippen LogP contribution in [-0.4, -0.2) is 29.9 Å². The molecule has 17 heavy (non-hydrogen) atoms. The van der Waals surface area contributed by atoms with Crippen molar-refractivity contribution in [1.82, 2.24) is 5.32 Å². The quantitative estimate of drug-likeness (QED) is 0.794. The Balaban J connectivity index is 1.81. The first kappa shape index (κ1) is 12.3. The predicted molar refractivity (Wildman–Crippen MR) is 63.5 cm³/mol. The van der Waals surface area contributed by atoms with Crippen LogP contribution in [0, 0.1) is 5.82 Å². The summed E-state index contributed by atoms with van der Waals surface area (Å²) in [6.45, 7) is 2.23. The average Bonchev–Trinajstić information content (AvgIpc) is 3.09. The Bertz CT molecular complexity index is 377. The van der Waals surface area contributed by atoms with Gasteiger partial charge >= 0.3 is 0 Å². The van der Waals surface area contributed by atoms with Gasteiger partial charge in [0.25, 0.3) is 0 Å². The van der Waals surface area contributed by atoms with Gasteiger partial charge in [-0.05, 0) is 31.9 Å². The summed E-state index contributed by atoms with van der Waals surface area (Å²) in [5.74, 6) is -0.224. The van der Waals surface area contributed by atoms with Crippen molar-refractivity contribution in [2.45, 2.75) is 31.4 Å². The molecule has 1 fully saturated rings. The maximum absolute atomic E-state index is 13.3. The van der Waals surface area contributed by atoms with Gasteiger partial charge in [-0.15, -0.1) is 0 Å². The zero-order valence-electron chi connectivity index (χ0n) is 9.95. The lowest BCUT2D eigenvalue weighted by atomic mass is 10.1. The van der Waals surface area contributed by atoms with Crippen molar-refractivity contribution in [3.05, 3.63) is 30.1 Å². The molecular formula is C13H18FNO2. The molecule has 0 amide bonds. The SMILES string of the molecule is CC(O)(CNC1CC1)COc1ccccc1F. The molecule has 1 unspecified atom stereocenters. The van der Waals surface area contributed by atoms with E-state index in [9.17, 15) is 9.50 Å². The van der Waals surface area contributed by atoms with Crippen LogP contribution in [0.15, 0.2) is 24.3 Å². The van der Waals surface area contributed by atoms with Crippen molar-refractivity contribution >= 4 is 0 Å². The zero-order chi connectivity index (χ0) is 12.3. The van der Waals surface area contributed by atoms with E-state index in [4.69, 9.17) is 4.74 Å². The number of nitrogens with one attached hydrogen (secondary N) is 1. The number of hydrogen-bond acceptors (Lipinski definition) is 3. The summed E-state index contributed by atoms with van der Waals surface area (Å²) in [5, 5.41) is 13.3. The van der Waals surface area contributed by atoms with Crippen LogP contribution < -0.4 is 10.1 Å². The normalized spacial score (nSPS) is 18.8. The molecule has 3 nitrogen and oxygen atoms in total. The van der Waals surface area contributed by atoms with Crippen LogP contribution in [0.2, 0.25) is 0 Å². The van der Waals surface area contributed by atoms with Crippen molar-refractivity contribution < 1.29 is 14.2 Å². The van der Waals surface area contributed by atoms with Crippen molar-refractivity contribution in [2.75, 3.05) is 13.2 Å². The van der Waals surface area contributed by atoms with Gasteiger partial charge in [-0.3, -0.25) is 0 Å². The molecule has 94 valence electrons. The molecule has 0 aromatic heterocycles. The lowest BCUT2D eigenvalue weighted by molar-refractivity contribution is 0.0109. The van der Waals surface area contributed by atoms with Crippen LogP contribution in [0.3, 0.4) is 0 Å². The molecule has 1 aliphatic carbocycles. The van der Waals surface area contributed by atoms with Crippen molar-refractivity contribution in [3.63, 3.8) is 0 Å². The van der Waals surface area contributed by atoms with Gasteiger partial charge in [0.05, 0.1) is 0 Å². The summed E-state index contributed by atoms with van der Waals surface area (Å²) in [6, 6.07) is 6.74. The van der Waals surface area contributed by atoms with Crippen molar-refractivity contribution in [1.29, 1.82) is 0 Å². The lowest BCUT2D eigenvalue weighted by Crippen LogP contribution is -2.43. The predicted octanol–water partition coefficient (Wildman–Crippen LogP) is 1.71. The lowest BCUT2D eigenvalue weighted by Gasteiger charge is -2.24. The van der Waals surface area contributed by atoms with E-state index >= 15 is 0 Å². The molecule has 1 aliphatic rings. The van der Waals surface area contributed by atoms with Crippen molar-refractivity contribution in [3.8, 4) is 5.75 Å². The Hall–Kier alpha value is -1.13. The molecule has 0 saturated heterocycles. The topological polar surface area (TPSA) is 41.5 Å². The zero-order valence-corrected chi connectivity index (χ0v) is 9.95. The van der Waals surface area contributed by atoms with Gasteiger partial charge in [0.2, 0.25) is 0 Å². The first-order chi connectivity index (χ1) is 8.07. The second-order valence-corrected chi connectivity index (χ2v) is 4.87. The van der Waals surface area contributed by atoms with Crippen LogP contribution in [0.1, 0.15) is 19.8 Å². The van der Waals surface area contributed by atoms with Crippen LogP contribution in [0.25, 0.3) is 0 Å². The summed E-state index contributed by atoms with van der Waals surface area (Å²) in [5.41, 5.74) is -0.981. The van der Waals surface area contributed by atoms with E-state index < -0.39 is 11.4 Å². The van der Waals surface area contributed by atoms with Crippen molar-refractivity contribution in [2.24, 2.45) is 0 Å². The van der Waals surface area contributed by atoms with Gasteiger partial charge in [-0.1, -0.05) is 12.1 Å². The third kappa shape index (κ3) is 3.98. The van der Waals surface area contributed by atoms with E-state index in [1.807, 2.05) is 0 Å². The highest BCUT2D eigenvalue weighted by Crippen LogP contribution is 2.20. The average molecular weight is 239 g/mol. The van der Waals surface area contributed by atoms with E-state index in [1.54, 1.807) is 25.1 Å². The Morgan fingerprint density at radius 2 is 2.18 bits per heavy atom. The van der Waals surface area contributed by atoms with Crippen LogP contribution >= 0.6 is 0 Å². The van der Waals surface area contributed by atoms with Crippen LogP contribution in [0.5, 0.6) is 5.75 Å². The Kier molecular flexibility index (Phi) is 3.64. The minimum atomic E-state index is -0.981. The molecule has 4 heteroatoms. The highest BCUT2D eigenvalue weighted by Gasteiger charge is 2.27. The number of halogens is 1. The van der Waals surface area contributed by atoms with Gasteiger partial charge in [0, 0.05) is 12.6 Å². The summed E-state index contributed by atoms with van der Waals surface area (Å²) >= 11 is 0. The van der Waals surface area contributed by atoms with Gasteiger partial charge in [-0.25, -0.2) is 4.39 Å². The molecule has 0 bridgehead atoms. The molecule has 2 N–H and O–H groups in total. The molecule has 0 spiro atoms. The van der Waals surface area contributed by atoms with Crippen LogP contribution in [0.4, 0.5) is 4.39 Å². The number of rotatable bonds is 6. The molecule has 1 aromatic rings. The minimum Gasteiger partial charge on any atom is -0.487 e. The third-order valence-corrected chi connectivity index (χ3v) is 2.72. The van der Waals surface area contributed by atoms with Gasteiger partial charge in [-0.2, -0.15) is 0 Å². The van der Waals surface area contributed by atoms with Gasteiger partial charge in [0.15, 0.2) is 11.6 Å². The molecule has 0 aliphatic heterocycles. The van der Waals surface area contributed by atoms with E-state index in [0.29, 0.717) is 12.6 Å². The van der Waals surface area contributed by atoms with E-state index in [2.05, 4.69) is 5.32 Å². The van der Waals surface area contributed by atoms with E-state index in [1.165, 1.54) is 18.9 Å². The smallest absolute Gasteiger partial charge is 0.165 e. The maximum Gasteiger partial charge on any atom is 0.165 e. The molecule has 1 atom stereocenters.